The summed E-state index contributed by atoms with van der Waals surface area (Å²) in [4.78, 5) is 25.1. The summed E-state index contributed by atoms with van der Waals surface area (Å²) in [7, 11) is -3.28. The van der Waals surface area contributed by atoms with E-state index in [1.807, 2.05) is 19.1 Å². The highest BCUT2D eigenvalue weighted by atomic mass is 79.9. The normalized spacial score (nSPS) is 12.3. The van der Waals surface area contributed by atoms with E-state index in [-0.39, 0.29) is 12.2 Å². The Morgan fingerprint density at radius 1 is 1.11 bits per heavy atom. The van der Waals surface area contributed by atoms with Gasteiger partial charge in [0.2, 0.25) is 5.91 Å². The Morgan fingerprint density at radius 3 is 2.44 bits per heavy atom. The molecule has 2 amide bonds. The van der Waals surface area contributed by atoms with E-state index in [1.54, 1.807) is 36.4 Å². The van der Waals surface area contributed by atoms with Crippen LogP contribution in [0.15, 0.2) is 53.0 Å². The van der Waals surface area contributed by atoms with Crippen molar-refractivity contribution in [1.82, 2.24) is 5.32 Å². The molecule has 27 heavy (non-hydrogen) atoms. The number of aryl methyl sites for hydroxylation is 1. The van der Waals surface area contributed by atoms with Crippen LogP contribution in [0.4, 0.5) is 5.69 Å². The molecular weight excluding hydrogens is 432 g/mol. The average molecular weight is 453 g/mol. The van der Waals surface area contributed by atoms with Gasteiger partial charge in [-0.2, -0.15) is 0 Å². The smallest absolute Gasteiger partial charge is 0.251 e. The van der Waals surface area contributed by atoms with Gasteiger partial charge in [0.05, 0.1) is 5.75 Å². The predicted octanol–water partition coefficient (Wildman–Crippen LogP) is 2.93. The van der Waals surface area contributed by atoms with Crippen LogP contribution in [-0.4, -0.2) is 38.3 Å². The standard InChI is InChI=1S/C19H21BrN2O4S/c1-13-5-3-6-14(11-13)18(23)22-17(9-10-27(2,25)26)19(24)21-16-8-4-7-15(20)12-16/h3-8,11-12,17H,9-10H2,1-2H3,(H,21,24)(H,22,23). The number of rotatable bonds is 7. The molecule has 2 aromatic rings. The molecular formula is C19H21BrN2O4S. The van der Waals surface area contributed by atoms with Crippen LogP contribution in [0.25, 0.3) is 0 Å². The number of anilines is 1. The first-order valence-electron chi connectivity index (χ1n) is 8.26. The van der Waals surface area contributed by atoms with Crippen LogP contribution in [0.1, 0.15) is 22.3 Å². The van der Waals surface area contributed by atoms with Crippen LogP contribution < -0.4 is 10.6 Å². The van der Waals surface area contributed by atoms with Gasteiger partial charge in [-0.3, -0.25) is 9.59 Å². The molecule has 0 bridgehead atoms. The van der Waals surface area contributed by atoms with Crippen molar-refractivity contribution >= 4 is 43.3 Å². The molecule has 1 atom stereocenters. The summed E-state index contributed by atoms with van der Waals surface area (Å²) >= 11 is 3.32. The minimum Gasteiger partial charge on any atom is -0.340 e. The van der Waals surface area contributed by atoms with E-state index >= 15 is 0 Å². The zero-order valence-corrected chi connectivity index (χ0v) is 17.4. The highest BCUT2D eigenvalue weighted by Crippen LogP contribution is 2.16. The molecule has 2 N–H and O–H groups in total. The Kier molecular flexibility index (Phi) is 7.15. The van der Waals surface area contributed by atoms with E-state index in [0.717, 1.165) is 16.3 Å². The minimum absolute atomic E-state index is 0.0176. The van der Waals surface area contributed by atoms with E-state index in [0.29, 0.717) is 11.3 Å². The molecule has 1 unspecified atom stereocenters. The predicted molar refractivity (Wildman–Crippen MR) is 110 cm³/mol. The molecule has 0 heterocycles. The van der Waals surface area contributed by atoms with E-state index in [1.165, 1.54) is 0 Å². The number of amides is 2. The fourth-order valence-corrected chi connectivity index (χ4v) is 3.49. The molecule has 2 rings (SSSR count). The fourth-order valence-electron chi connectivity index (χ4n) is 2.42. The molecule has 0 spiro atoms. The topological polar surface area (TPSA) is 92.3 Å². The lowest BCUT2D eigenvalue weighted by atomic mass is 10.1. The van der Waals surface area contributed by atoms with Gasteiger partial charge in [-0.15, -0.1) is 0 Å². The van der Waals surface area contributed by atoms with Crippen molar-refractivity contribution in [2.75, 3.05) is 17.3 Å². The van der Waals surface area contributed by atoms with E-state index < -0.39 is 27.7 Å². The molecule has 0 fully saturated rings. The number of hydrogen-bond donors (Lipinski definition) is 2. The summed E-state index contributed by atoms with van der Waals surface area (Å²) in [6.45, 7) is 1.86. The number of halogens is 1. The van der Waals surface area contributed by atoms with Gasteiger partial charge in [-0.05, 0) is 43.7 Å². The molecule has 0 aliphatic carbocycles. The van der Waals surface area contributed by atoms with Crippen molar-refractivity contribution in [3.63, 3.8) is 0 Å². The van der Waals surface area contributed by atoms with Gasteiger partial charge in [0.25, 0.3) is 5.91 Å². The summed E-state index contributed by atoms with van der Waals surface area (Å²) in [6, 6.07) is 13.0. The van der Waals surface area contributed by atoms with Crippen molar-refractivity contribution in [2.24, 2.45) is 0 Å². The number of carbonyl (C=O) groups excluding carboxylic acids is 2. The van der Waals surface area contributed by atoms with Gasteiger partial charge in [0.15, 0.2) is 0 Å². The molecule has 0 aliphatic rings. The third-order valence-corrected chi connectivity index (χ3v) is 5.24. The van der Waals surface area contributed by atoms with Crippen molar-refractivity contribution < 1.29 is 18.0 Å². The summed E-state index contributed by atoms with van der Waals surface area (Å²) in [6.07, 6.45) is 1.08. The van der Waals surface area contributed by atoms with Crippen molar-refractivity contribution in [3.8, 4) is 0 Å². The zero-order chi connectivity index (χ0) is 20.0. The van der Waals surface area contributed by atoms with Crippen LogP contribution in [0.3, 0.4) is 0 Å². The number of hydrogen-bond acceptors (Lipinski definition) is 4. The monoisotopic (exact) mass is 452 g/mol. The van der Waals surface area contributed by atoms with Crippen LogP contribution >= 0.6 is 15.9 Å². The number of nitrogens with one attached hydrogen (secondary N) is 2. The van der Waals surface area contributed by atoms with Crippen LogP contribution in [0, 0.1) is 6.92 Å². The number of benzene rings is 2. The minimum atomic E-state index is -3.28. The maximum absolute atomic E-state index is 12.6. The van der Waals surface area contributed by atoms with Gasteiger partial charge >= 0.3 is 0 Å². The van der Waals surface area contributed by atoms with Gasteiger partial charge in [0.1, 0.15) is 15.9 Å². The molecule has 2 aromatic carbocycles. The summed E-state index contributed by atoms with van der Waals surface area (Å²) in [5.74, 6) is -1.11. The molecule has 0 saturated carbocycles. The Hall–Kier alpha value is -2.19. The number of sulfone groups is 1. The zero-order valence-electron chi connectivity index (χ0n) is 15.0. The van der Waals surface area contributed by atoms with Crippen molar-refractivity contribution in [3.05, 3.63) is 64.1 Å². The summed E-state index contributed by atoms with van der Waals surface area (Å²) in [5.41, 5.74) is 1.87. The Bertz CT molecular complexity index is 944. The third-order valence-electron chi connectivity index (χ3n) is 3.77. The lowest BCUT2D eigenvalue weighted by Gasteiger charge is -2.18. The Labute approximate surface area is 167 Å². The maximum Gasteiger partial charge on any atom is 0.251 e. The highest BCUT2D eigenvalue weighted by Gasteiger charge is 2.23. The van der Waals surface area contributed by atoms with Crippen molar-refractivity contribution in [1.29, 1.82) is 0 Å². The lowest BCUT2D eigenvalue weighted by Crippen LogP contribution is -2.44. The van der Waals surface area contributed by atoms with Crippen LogP contribution in [-0.2, 0) is 14.6 Å². The van der Waals surface area contributed by atoms with Crippen LogP contribution in [0.5, 0.6) is 0 Å². The van der Waals surface area contributed by atoms with E-state index in [4.69, 9.17) is 0 Å². The summed E-state index contributed by atoms with van der Waals surface area (Å²) < 4.78 is 23.8. The molecule has 144 valence electrons. The molecule has 0 aromatic heterocycles. The molecule has 0 aliphatic heterocycles. The Morgan fingerprint density at radius 2 is 1.81 bits per heavy atom. The lowest BCUT2D eigenvalue weighted by molar-refractivity contribution is -0.118. The van der Waals surface area contributed by atoms with Crippen LogP contribution in [0.2, 0.25) is 0 Å². The maximum atomic E-state index is 12.6. The molecule has 0 saturated heterocycles. The first-order chi connectivity index (χ1) is 12.6. The fraction of sp³-hybridized carbons (Fsp3) is 0.263. The first kappa shape index (κ1) is 21.1. The average Bonchev–Trinajstić information content (AvgIpc) is 2.57. The van der Waals surface area contributed by atoms with Crippen molar-refractivity contribution in [2.45, 2.75) is 19.4 Å². The molecule has 0 radical (unpaired) electrons. The quantitative estimate of drug-likeness (QED) is 0.675. The second-order valence-electron chi connectivity index (χ2n) is 6.31. The van der Waals surface area contributed by atoms with Gasteiger partial charge < -0.3 is 10.6 Å². The van der Waals surface area contributed by atoms with E-state index in [2.05, 4.69) is 26.6 Å². The summed E-state index contributed by atoms with van der Waals surface area (Å²) in [5, 5.41) is 5.35. The molecule has 6 nitrogen and oxygen atoms in total. The van der Waals surface area contributed by atoms with Gasteiger partial charge in [-0.1, -0.05) is 39.7 Å². The SMILES string of the molecule is Cc1cccc(C(=O)NC(CCS(C)(=O)=O)C(=O)Nc2cccc(Br)c2)c1. The number of carbonyl (C=O) groups is 2. The second-order valence-corrected chi connectivity index (χ2v) is 9.49. The first-order valence-corrected chi connectivity index (χ1v) is 11.1. The molecule has 8 heteroatoms. The Balaban J connectivity index is 2.16. The van der Waals surface area contributed by atoms with E-state index in [9.17, 15) is 18.0 Å². The third kappa shape index (κ3) is 7.15. The second kappa shape index (κ2) is 9.14. The largest absolute Gasteiger partial charge is 0.340 e. The highest BCUT2D eigenvalue weighted by molar-refractivity contribution is 9.10. The van der Waals surface area contributed by atoms with Gasteiger partial charge in [-0.25, -0.2) is 8.42 Å². The van der Waals surface area contributed by atoms with Gasteiger partial charge in [0, 0.05) is 22.0 Å².